The van der Waals surface area contributed by atoms with Gasteiger partial charge in [-0.15, -0.1) is 0 Å². The van der Waals surface area contributed by atoms with Gasteiger partial charge in [-0.3, -0.25) is 4.98 Å². The van der Waals surface area contributed by atoms with Crippen LogP contribution in [0.1, 0.15) is 5.56 Å². The van der Waals surface area contributed by atoms with E-state index in [2.05, 4.69) is 10.3 Å². The number of anilines is 2. The fraction of sp³-hybridized carbons (Fsp3) is 0. The summed E-state index contributed by atoms with van der Waals surface area (Å²) in [5.41, 5.74) is 0.300. The molecule has 0 bridgehead atoms. The van der Waals surface area contributed by atoms with Gasteiger partial charge in [0.25, 0.3) is 0 Å². The molecule has 0 unspecified atom stereocenters. The first-order valence-electron chi connectivity index (χ1n) is 6.18. The van der Waals surface area contributed by atoms with E-state index in [4.69, 9.17) is 5.26 Å². The van der Waals surface area contributed by atoms with Crippen molar-refractivity contribution >= 4 is 22.1 Å². The Kier molecular flexibility index (Phi) is 3.20. The van der Waals surface area contributed by atoms with Gasteiger partial charge in [0.05, 0.1) is 11.3 Å². The minimum Gasteiger partial charge on any atom is -0.353 e. The quantitative estimate of drug-likeness (QED) is 0.768. The van der Waals surface area contributed by atoms with E-state index in [1.54, 1.807) is 36.7 Å². The number of aromatic nitrogens is 1. The largest absolute Gasteiger partial charge is 0.353 e. The van der Waals surface area contributed by atoms with E-state index in [9.17, 15) is 8.78 Å². The number of halogens is 2. The lowest BCUT2D eigenvalue weighted by Crippen LogP contribution is -1.99. The molecule has 0 aliphatic carbocycles. The highest BCUT2D eigenvalue weighted by Gasteiger charge is 2.13. The van der Waals surface area contributed by atoms with Gasteiger partial charge in [0, 0.05) is 28.9 Å². The molecule has 21 heavy (non-hydrogen) atoms. The molecule has 0 spiro atoms. The van der Waals surface area contributed by atoms with Crippen LogP contribution in [0.15, 0.2) is 48.8 Å². The minimum absolute atomic E-state index is 0.0178. The van der Waals surface area contributed by atoms with Crippen molar-refractivity contribution in [1.29, 1.82) is 5.26 Å². The third-order valence-electron chi connectivity index (χ3n) is 3.15. The van der Waals surface area contributed by atoms with Crippen LogP contribution >= 0.6 is 0 Å². The Bertz CT molecular complexity index is 864. The fourth-order valence-corrected chi connectivity index (χ4v) is 2.11. The lowest BCUT2D eigenvalue weighted by Gasteiger charge is -2.11. The zero-order valence-electron chi connectivity index (χ0n) is 10.8. The molecular weight excluding hydrogens is 272 g/mol. The minimum atomic E-state index is -1.15. The van der Waals surface area contributed by atoms with Crippen molar-refractivity contribution in [3.63, 3.8) is 0 Å². The summed E-state index contributed by atoms with van der Waals surface area (Å²) in [5, 5.41) is 13.3. The van der Waals surface area contributed by atoms with Crippen LogP contribution in [0, 0.1) is 23.0 Å². The summed E-state index contributed by atoms with van der Waals surface area (Å²) in [5.74, 6) is -2.22. The SMILES string of the molecule is N#Cc1ccc(Nc2cccc3cnccc23)c(F)c1F. The number of hydrogen-bond donors (Lipinski definition) is 1. The first-order valence-corrected chi connectivity index (χ1v) is 6.18. The van der Waals surface area contributed by atoms with E-state index in [1.165, 1.54) is 12.1 Å². The maximum atomic E-state index is 13.9. The zero-order chi connectivity index (χ0) is 14.8. The number of benzene rings is 2. The molecule has 3 nitrogen and oxygen atoms in total. The third kappa shape index (κ3) is 2.28. The second kappa shape index (κ2) is 5.17. The van der Waals surface area contributed by atoms with Gasteiger partial charge in [0.1, 0.15) is 6.07 Å². The molecule has 0 amide bonds. The van der Waals surface area contributed by atoms with E-state index in [-0.39, 0.29) is 11.3 Å². The third-order valence-corrected chi connectivity index (χ3v) is 3.15. The second-order valence-corrected chi connectivity index (χ2v) is 4.43. The van der Waals surface area contributed by atoms with Gasteiger partial charge in [0.15, 0.2) is 11.6 Å². The molecule has 102 valence electrons. The van der Waals surface area contributed by atoms with Gasteiger partial charge in [-0.2, -0.15) is 5.26 Å². The molecule has 0 atom stereocenters. The van der Waals surface area contributed by atoms with Crippen LogP contribution in [-0.2, 0) is 0 Å². The number of pyridine rings is 1. The van der Waals surface area contributed by atoms with E-state index in [0.717, 1.165) is 10.8 Å². The fourth-order valence-electron chi connectivity index (χ4n) is 2.11. The van der Waals surface area contributed by atoms with Crippen molar-refractivity contribution < 1.29 is 8.78 Å². The van der Waals surface area contributed by atoms with Gasteiger partial charge < -0.3 is 5.32 Å². The summed E-state index contributed by atoms with van der Waals surface area (Å²) < 4.78 is 27.6. The van der Waals surface area contributed by atoms with Crippen LogP contribution in [0.25, 0.3) is 10.8 Å². The van der Waals surface area contributed by atoms with Crippen LogP contribution in [0.5, 0.6) is 0 Å². The molecule has 1 N–H and O–H groups in total. The van der Waals surface area contributed by atoms with Crippen molar-refractivity contribution in [1.82, 2.24) is 4.98 Å². The van der Waals surface area contributed by atoms with Crippen molar-refractivity contribution in [2.45, 2.75) is 0 Å². The number of nitriles is 1. The molecule has 3 rings (SSSR count). The molecule has 0 radical (unpaired) electrons. The van der Waals surface area contributed by atoms with Gasteiger partial charge >= 0.3 is 0 Å². The maximum Gasteiger partial charge on any atom is 0.183 e. The summed E-state index contributed by atoms with van der Waals surface area (Å²) in [6.07, 6.45) is 3.32. The molecule has 1 heterocycles. The summed E-state index contributed by atoms with van der Waals surface area (Å²) in [4.78, 5) is 4.02. The predicted octanol–water partition coefficient (Wildman–Crippen LogP) is 4.13. The van der Waals surface area contributed by atoms with E-state index >= 15 is 0 Å². The average molecular weight is 281 g/mol. The second-order valence-electron chi connectivity index (χ2n) is 4.43. The molecule has 0 fully saturated rings. The normalized spacial score (nSPS) is 10.3. The molecule has 5 heteroatoms. The lowest BCUT2D eigenvalue weighted by atomic mass is 10.1. The molecule has 0 aliphatic rings. The Morgan fingerprint density at radius 3 is 2.67 bits per heavy atom. The molecular formula is C16H9F2N3. The van der Waals surface area contributed by atoms with E-state index in [1.807, 2.05) is 6.07 Å². The molecule has 1 aromatic heterocycles. The van der Waals surface area contributed by atoms with Crippen LogP contribution in [0.3, 0.4) is 0 Å². The van der Waals surface area contributed by atoms with Crippen molar-refractivity contribution in [3.8, 4) is 6.07 Å². The topological polar surface area (TPSA) is 48.7 Å². The van der Waals surface area contributed by atoms with Crippen LogP contribution in [0.4, 0.5) is 20.2 Å². The molecule has 3 aromatic rings. The van der Waals surface area contributed by atoms with Gasteiger partial charge in [0.2, 0.25) is 0 Å². The lowest BCUT2D eigenvalue weighted by molar-refractivity contribution is 0.509. The standard InChI is InChI=1S/C16H9F2N3/c17-15-10(8-19)4-5-14(16(15)18)21-13-3-1-2-11-9-20-7-6-12(11)13/h1-7,9,21H. The summed E-state index contributed by atoms with van der Waals surface area (Å²) in [7, 11) is 0. The van der Waals surface area contributed by atoms with Crippen LogP contribution < -0.4 is 5.32 Å². The Labute approximate surface area is 119 Å². The van der Waals surface area contributed by atoms with E-state index in [0.29, 0.717) is 5.69 Å². The van der Waals surface area contributed by atoms with Gasteiger partial charge in [-0.1, -0.05) is 12.1 Å². The zero-order valence-corrected chi connectivity index (χ0v) is 10.8. The summed E-state index contributed by atoms with van der Waals surface area (Å²) in [6, 6.07) is 11.4. The smallest absolute Gasteiger partial charge is 0.183 e. The molecule has 2 aromatic carbocycles. The molecule has 0 saturated heterocycles. The summed E-state index contributed by atoms with van der Waals surface area (Å²) >= 11 is 0. The number of hydrogen-bond acceptors (Lipinski definition) is 3. The van der Waals surface area contributed by atoms with Crippen LogP contribution in [0.2, 0.25) is 0 Å². The summed E-state index contributed by atoms with van der Waals surface area (Å²) in [6.45, 7) is 0. The van der Waals surface area contributed by atoms with Gasteiger partial charge in [-0.25, -0.2) is 8.78 Å². The monoisotopic (exact) mass is 281 g/mol. The number of nitrogens with one attached hydrogen (secondary N) is 1. The predicted molar refractivity (Wildman–Crippen MR) is 76.1 cm³/mol. The Morgan fingerprint density at radius 2 is 1.86 bits per heavy atom. The Balaban J connectivity index is 2.08. The highest BCUT2D eigenvalue weighted by Crippen LogP contribution is 2.28. The number of rotatable bonds is 2. The Morgan fingerprint density at radius 1 is 1.00 bits per heavy atom. The first kappa shape index (κ1) is 13.0. The van der Waals surface area contributed by atoms with Gasteiger partial charge in [-0.05, 0) is 24.3 Å². The van der Waals surface area contributed by atoms with Crippen molar-refractivity contribution in [2.24, 2.45) is 0 Å². The highest BCUT2D eigenvalue weighted by molar-refractivity contribution is 5.94. The van der Waals surface area contributed by atoms with Crippen molar-refractivity contribution in [3.05, 3.63) is 66.0 Å². The Hall–Kier alpha value is -3.00. The maximum absolute atomic E-state index is 13.9. The number of fused-ring (bicyclic) bond motifs is 1. The number of nitrogens with zero attached hydrogens (tertiary/aromatic N) is 2. The average Bonchev–Trinajstić information content (AvgIpc) is 2.52. The van der Waals surface area contributed by atoms with Crippen molar-refractivity contribution in [2.75, 3.05) is 5.32 Å². The molecule has 0 aliphatic heterocycles. The highest BCUT2D eigenvalue weighted by atomic mass is 19.2. The molecule has 0 saturated carbocycles. The van der Waals surface area contributed by atoms with E-state index < -0.39 is 11.6 Å². The first-order chi connectivity index (χ1) is 10.2. The van der Waals surface area contributed by atoms with Crippen LogP contribution in [-0.4, -0.2) is 4.98 Å².